The third-order valence-electron chi connectivity index (χ3n) is 10.1. The number of fused-ring (bicyclic) bond motifs is 4. The summed E-state index contributed by atoms with van der Waals surface area (Å²) >= 11 is 0. The molecule has 3 aliphatic rings. The lowest BCUT2D eigenvalue weighted by Crippen LogP contribution is -2.49. The third kappa shape index (κ3) is 3.31. The summed E-state index contributed by atoms with van der Waals surface area (Å²) in [5, 5.41) is 0. The van der Waals surface area contributed by atoms with E-state index in [1.165, 1.54) is 23.1 Å². The van der Waals surface area contributed by atoms with Crippen molar-refractivity contribution in [2.45, 2.75) is 79.8 Å². The van der Waals surface area contributed by atoms with Crippen molar-refractivity contribution >= 4 is 5.97 Å². The molecule has 4 unspecified atom stereocenters. The molecule has 1 spiro atoms. The fourth-order valence-corrected chi connectivity index (χ4v) is 7.96. The molecule has 0 radical (unpaired) electrons. The molecule has 0 N–H and O–H groups in total. The molecule has 3 aliphatic carbocycles. The number of carbonyl (C=O) groups is 1. The summed E-state index contributed by atoms with van der Waals surface area (Å²) in [6.07, 6.45) is 5.19. The molecule has 0 aliphatic heterocycles. The predicted molar refractivity (Wildman–Crippen MR) is 134 cm³/mol. The van der Waals surface area contributed by atoms with Crippen molar-refractivity contribution in [1.29, 1.82) is 0 Å². The van der Waals surface area contributed by atoms with Crippen molar-refractivity contribution in [3.8, 4) is 0 Å². The standard InChI is InChI=1S/C31H40O2/c1-28(2,3)24(18-21-12-8-7-9-13-21)26(32)33-27-30(6)17-16-25(29(30,4)5)31(27)19-22-14-10-11-15-23(22)20-31/h7-15,24-25,27H,16-20H2,1-6H3. The minimum absolute atomic E-state index is 0.00346. The molecule has 0 amide bonds. The topological polar surface area (TPSA) is 26.3 Å². The van der Waals surface area contributed by atoms with Crippen LogP contribution in [-0.4, -0.2) is 12.1 Å². The van der Waals surface area contributed by atoms with Crippen LogP contribution >= 0.6 is 0 Å². The van der Waals surface area contributed by atoms with Gasteiger partial charge in [-0.15, -0.1) is 0 Å². The summed E-state index contributed by atoms with van der Waals surface area (Å²) < 4.78 is 6.77. The molecular weight excluding hydrogens is 404 g/mol. The van der Waals surface area contributed by atoms with Crippen LogP contribution in [0.15, 0.2) is 54.6 Å². The molecule has 0 heterocycles. The summed E-state index contributed by atoms with van der Waals surface area (Å²) in [7, 11) is 0. The maximum absolute atomic E-state index is 14.0. The van der Waals surface area contributed by atoms with E-state index in [-0.39, 0.29) is 39.7 Å². The summed E-state index contributed by atoms with van der Waals surface area (Å²) in [4.78, 5) is 14.0. The van der Waals surface area contributed by atoms with Crippen LogP contribution in [0, 0.1) is 33.5 Å². The highest BCUT2D eigenvalue weighted by molar-refractivity contribution is 5.74. The molecule has 0 aromatic heterocycles. The molecule has 2 aromatic carbocycles. The lowest BCUT2D eigenvalue weighted by molar-refractivity contribution is -0.176. The Balaban J connectivity index is 1.49. The van der Waals surface area contributed by atoms with Gasteiger partial charge in [0.05, 0.1) is 5.92 Å². The number of rotatable bonds is 4. The number of hydrogen-bond donors (Lipinski definition) is 0. The molecule has 2 aromatic rings. The van der Waals surface area contributed by atoms with Gasteiger partial charge in [-0.2, -0.15) is 0 Å². The smallest absolute Gasteiger partial charge is 0.310 e. The van der Waals surface area contributed by atoms with Gasteiger partial charge in [0.1, 0.15) is 6.10 Å². The second-order valence-corrected chi connectivity index (χ2v) is 13.0. The Morgan fingerprint density at radius 1 is 0.970 bits per heavy atom. The van der Waals surface area contributed by atoms with Crippen molar-refractivity contribution in [3.05, 3.63) is 71.3 Å². The van der Waals surface area contributed by atoms with E-state index in [0.29, 0.717) is 5.92 Å². The predicted octanol–water partition coefficient (Wildman–Crippen LogP) is 7.04. The summed E-state index contributed by atoms with van der Waals surface area (Å²) in [6.45, 7) is 13.8. The lowest BCUT2D eigenvalue weighted by atomic mass is 9.65. The highest BCUT2D eigenvalue weighted by atomic mass is 16.5. The van der Waals surface area contributed by atoms with Crippen molar-refractivity contribution < 1.29 is 9.53 Å². The van der Waals surface area contributed by atoms with E-state index in [9.17, 15) is 4.79 Å². The van der Waals surface area contributed by atoms with Gasteiger partial charge >= 0.3 is 5.97 Å². The zero-order valence-electron chi connectivity index (χ0n) is 21.3. The first-order chi connectivity index (χ1) is 15.5. The quantitative estimate of drug-likeness (QED) is 0.473. The average Bonchev–Trinajstić information content (AvgIpc) is 3.28. The highest BCUT2D eigenvalue weighted by Gasteiger charge is 2.74. The number of hydrogen-bond acceptors (Lipinski definition) is 2. The number of benzene rings is 2. The van der Waals surface area contributed by atoms with Crippen LogP contribution in [0.25, 0.3) is 0 Å². The van der Waals surface area contributed by atoms with E-state index in [4.69, 9.17) is 4.74 Å². The lowest BCUT2D eigenvalue weighted by Gasteiger charge is -2.45. The molecule has 176 valence electrons. The summed E-state index contributed by atoms with van der Waals surface area (Å²) in [6, 6.07) is 19.3. The maximum Gasteiger partial charge on any atom is 0.310 e. The van der Waals surface area contributed by atoms with Gasteiger partial charge in [-0.25, -0.2) is 0 Å². The second-order valence-electron chi connectivity index (χ2n) is 13.0. The fourth-order valence-electron chi connectivity index (χ4n) is 7.96. The Labute approximate surface area is 200 Å². The van der Waals surface area contributed by atoms with E-state index >= 15 is 0 Å². The van der Waals surface area contributed by atoms with E-state index in [1.54, 1.807) is 0 Å². The van der Waals surface area contributed by atoms with Gasteiger partial charge in [-0.05, 0) is 65.5 Å². The average molecular weight is 445 g/mol. The highest BCUT2D eigenvalue weighted by Crippen LogP contribution is 2.75. The Bertz CT molecular complexity index is 1020. The molecule has 4 atom stereocenters. The first-order valence-electron chi connectivity index (χ1n) is 12.8. The first kappa shape index (κ1) is 22.7. The Morgan fingerprint density at radius 3 is 2.12 bits per heavy atom. The molecule has 2 heteroatoms. The van der Waals surface area contributed by atoms with E-state index in [2.05, 4.69) is 90.1 Å². The fraction of sp³-hybridized carbons (Fsp3) is 0.581. The largest absolute Gasteiger partial charge is 0.461 e. The van der Waals surface area contributed by atoms with Crippen molar-refractivity contribution in [2.24, 2.45) is 33.5 Å². The van der Waals surface area contributed by atoms with Crippen molar-refractivity contribution in [1.82, 2.24) is 0 Å². The minimum atomic E-state index is -0.161. The van der Waals surface area contributed by atoms with Crippen LogP contribution in [0.3, 0.4) is 0 Å². The second kappa shape index (κ2) is 7.45. The Kier molecular flexibility index (Phi) is 5.13. The molecule has 5 rings (SSSR count). The molecular formula is C31H40O2. The molecule has 0 saturated heterocycles. The van der Waals surface area contributed by atoms with E-state index in [1.807, 2.05) is 6.07 Å². The van der Waals surface area contributed by atoms with Crippen LogP contribution in [0.2, 0.25) is 0 Å². The molecule has 2 saturated carbocycles. The monoisotopic (exact) mass is 444 g/mol. The normalized spacial score (nSPS) is 29.8. The zero-order valence-corrected chi connectivity index (χ0v) is 21.3. The SMILES string of the molecule is CC(C)(C)C(Cc1ccccc1)C(=O)OC1C2(Cc3ccccc3C2)C2CCC1(C)C2(C)C. The van der Waals surface area contributed by atoms with Crippen LogP contribution < -0.4 is 0 Å². The Morgan fingerprint density at radius 2 is 1.55 bits per heavy atom. The van der Waals surface area contributed by atoms with Crippen molar-refractivity contribution in [2.75, 3.05) is 0 Å². The van der Waals surface area contributed by atoms with E-state index in [0.717, 1.165) is 25.7 Å². The van der Waals surface area contributed by atoms with Gasteiger partial charge in [0, 0.05) is 10.8 Å². The van der Waals surface area contributed by atoms with Crippen LogP contribution in [0.5, 0.6) is 0 Å². The zero-order chi connectivity index (χ0) is 23.6. The van der Waals surface area contributed by atoms with E-state index < -0.39 is 0 Å². The van der Waals surface area contributed by atoms with Crippen LogP contribution in [0.1, 0.15) is 71.1 Å². The number of esters is 1. The summed E-state index contributed by atoms with van der Waals surface area (Å²) in [5.41, 5.74) is 4.18. The number of ether oxygens (including phenoxy) is 1. The van der Waals surface area contributed by atoms with Gasteiger partial charge in [0.25, 0.3) is 0 Å². The first-order valence-corrected chi connectivity index (χ1v) is 12.8. The molecule has 2 nitrogen and oxygen atoms in total. The number of carbonyl (C=O) groups excluding carboxylic acids is 1. The van der Waals surface area contributed by atoms with Gasteiger partial charge in [0.15, 0.2) is 0 Å². The maximum atomic E-state index is 14.0. The summed E-state index contributed by atoms with van der Waals surface area (Å²) in [5.74, 6) is 0.422. The Hall–Kier alpha value is -2.09. The molecule has 33 heavy (non-hydrogen) atoms. The molecule has 2 fully saturated rings. The third-order valence-corrected chi connectivity index (χ3v) is 10.1. The van der Waals surface area contributed by atoms with Gasteiger partial charge < -0.3 is 4.74 Å². The van der Waals surface area contributed by atoms with Crippen molar-refractivity contribution in [3.63, 3.8) is 0 Å². The minimum Gasteiger partial charge on any atom is -0.461 e. The van der Waals surface area contributed by atoms with Gasteiger partial charge in [0.2, 0.25) is 0 Å². The van der Waals surface area contributed by atoms with Crippen LogP contribution in [-0.2, 0) is 28.8 Å². The van der Waals surface area contributed by atoms with Gasteiger partial charge in [-0.1, -0.05) is 96.1 Å². The molecule has 2 bridgehead atoms. The van der Waals surface area contributed by atoms with Gasteiger partial charge in [-0.3, -0.25) is 4.79 Å². The van der Waals surface area contributed by atoms with Crippen LogP contribution in [0.4, 0.5) is 0 Å².